The topological polar surface area (TPSA) is 35.9 Å². The summed E-state index contributed by atoms with van der Waals surface area (Å²) in [5, 5.41) is 0.612. The maximum atomic E-state index is 14.6. The van der Waals surface area contributed by atoms with Crippen LogP contribution in [0.15, 0.2) is 120 Å². The minimum absolute atomic E-state index is 0.0445. The van der Waals surface area contributed by atoms with Gasteiger partial charge in [-0.05, 0) is 35.4 Å². The summed E-state index contributed by atoms with van der Waals surface area (Å²) in [4.78, 5) is 23.6. The van der Waals surface area contributed by atoms with Crippen molar-refractivity contribution in [3.8, 4) is 0 Å². The molecule has 5 rings (SSSR count). The third-order valence-electron chi connectivity index (χ3n) is 6.52. The molecule has 0 spiro atoms. The molecule has 5 heteroatoms. The molecule has 1 fully saturated rings. The van der Waals surface area contributed by atoms with Gasteiger partial charge in [0.25, 0.3) is 0 Å². The summed E-state index contributed by atoms with van der Waals surface area (Å²) < 4.78 is 0. The summed E-state index contributed by atoms with van der Waals surface area (Å²) in [6.45, 7) is 0. The molecule has 0 aromatic heterocycles. The molecule has 1 saturated heterocycles. The molecular weight excluding hydrogens is 454 g/mol. The normalized spacial score (nSPS) is 18.9. The van der Waals surface area contributed by atoms with Crippen molar-refractivity contribution in [3.63, 3.8) is 0 Å². The second-order valence-corrected chi connectivity index (χ2v) is 9.28. The highest BCUT2D eigenvalue weighted by Gasteiger charge is 2.74. The van der Waals surface area contributed by atoms with Crippen LogP contribution in [-0.4, -0.2) is 31.2 Å². The first kappa shape index (κ1) is 22.9. The van der Waals surface area contributed by atoms with Gasteiger partial charge in [0.1, 0.15) is 5.41 Å². The van der Waals surface area contributed by atoms with Crippen molar-refractivity contribution >= 4 is 29.5 Å². The lowest BCUT2D eigenvalue weighted by molar-refractivity contribution is -0.136. The zero-order valence-electron chi connectivity index (χ0n) is 19.7. The van der Waals surface area contributed by atoms with Gasteiger partial charge >= 0.3 is 0 Å². The summed E-state index contributed by atoms with van der Waals surface area (Å²) >= 11 is 6.21. The van der Waals surface area contributed by atoms with Crippen molar-refractivity contribution < 1.29 is 4.79 Å². The van der Waals surface area contributed by atoms with E-state index in [0.717, 1.165) is 22.4 Å². The maximum absolute atomic E-state index is 14.6. The van der Waals surface area contributed by atoms with E-state index in [1.807, 2.05) is 122 Å². The first-order chi connectivity index (χ1) is 17.0. The Morgan fingerprint density at radius 2 is 1.17 bits per heavy atom. The Hall–Kier alpha value is -3.89. The number of amides is 1. The van der Waals surface area contributed by atoms with E-state index in [4.69, 9.17) is 16.6 Å². The van der Waals surface area contributed by atoms with E-state index >= 15 is 0 Å². The molecule has 1 aliphatic rings. The van der Waals surface area contributed by atoms with Crippen molar-refractivity contribution in [3.05, 3.63) is 137 Å². The SMILES string of the molecule is CN(C)/C=N/C1(c2ccccc2)N(c2ccc(Cl)cc2)C(=O)C1(c1ccccc1)c1ccccc1. The number of aliphatic imine (C=N–C) groups is 1. The van der Waals surface area contributed by atoms with Crippen LogP contribution >= 0.6 is 11.6 Å². The van der Waals surface area contributed by atoms with Crippen molar-refractivity contribution in [2.24, 2.45) is 4.99 Å². The van der Waals surface area contributed by atoms with Crippen LogP contribution in [0.4, 0.5) is 5.69 Å². The number of carbonyl (C=O) groups excluding carboxylic acids is 1. The molecule has 1 amide bonds. The fourth-order valence-electron chi connectivity index (χ4n) is 5.11. The highest BCUT2D eigenvalue weighted by molar-refractivity contribution is 6.30. The Balaban J connectivity index is 1.91. The van der Waals surface area contributed by atoms with E-state index in [0.29, 0.717) is 5.02 Å². The van der Waals surface area contributed by atoms with Gasteiger partial charge in [-0.1, -0.05) is 103 Å². The zero-order valence-corrected chi connectivity index (χ0v) is 20.4. The summed E-state index contributed by atoms with van der Waals surface area (Å²) in [6.07, 6.45) is 1.79. The lowest BCUT2D eigenvalue weighted by Gasteiger charge is -2.63. The van der Waals surface area contributed by atoms with E-state index in [-0.39, 0.29) is 5.91 Å². The second-order valence-electron chi connectivity index (χ2n) is 8.85. The van der Waals surface area contributed by atoms with Crippen LogP contribution in [0.2, 0.25) is 5.02 Å². The quantitative estimate of drug-likeness (QED) is 0.190. The fraction of sp³-hybridized carbons (Fsp3) is 0.133. The number of anilines is 1. The molecule has 1 aliphatic heterocycles. The molecular formula is C30H26ClN3O. The number of β-lactam (4-membered cyclic amide) rings is 1. The van der Waals surface area contributed by atoms with E-state index in [1.54, 1.807) is 23.4 Å². The smallest absolute Gasteiger partial charge is 0.249 e. The van der Waals surface area contributed by atoms with Gasteiger partial charge in [0.2, 0.25) is 5.91 Å². The Labute approximate surface area is 211 Å². The summed E-state index contributed by atoms with van der Waals surface area (Å²) in [7, 11) is 3.87. The van der Waals surface area contributed by atoms with E-state index in [1.165, 1.54) is 0 Å². The van der Waals surface area contributed by atoms with Crippen LogP contribution in [0, 0.1) is 0 Å². The first-order valence-electron chi connectivity index (χ1n) is 11.5. The van der Waals surface area contributed by atoms with Crippen molar-refractivity contribution in [1.29, 1.82) is 0 Å². The first-order valence-corrected chi connectivity index (χ1v) is 11.9. The average molecular weight is 480 g/mol. The Bertz CT molecular complexity index is 1300. The molecule has 0 radical (unpaired) electrons. The molecule has 174 valence electrons. The van der Waals surface area contributed by atoms with Crippen LogP contribution in [0.3, 0.4) is 0 Å². The van der Waals surface area contributed by atoms with Crippen LogP contribution < -0.4 is 4.90 Å². The molecule has 4 aromatic rings. The number of benzene rings is 4. The van der Waals surface area contributed by atoms with Crippen LogP contribution in [0.1, 0.15) is 16.7 Å². The average Bonchev–Trinajstić information content (AvgIpc) is 2.89. The molecule has 4 aromatic carbocycles. The minimum atomic E-state index is -1.08. The van der Waals surface area contributed by atoms with E-state index in [2.05, 4.69) is 0 Å². The Kier molecular flexibility index (Phi) is 5.91. The standard InChI is InChI=1S/C30H26ClN3O/c1-33(2)22-32-30(25-16-10-5-11-17-25)29(23-12-6-3-7-13-23,24-14-8-4-9-15-24)28(35)34(30)27-20-18-26(31)19-21-27/h3-22H,1-2H3/b32-22+. The molecule has 1 atom stereocenters. The van der Waals surface area contributed by atoms with Gasteiger partial charge < -0.3 is 4.90 Å². The third kappa shape index (κ3) is 3.44. The molecule has 4 nitrogen and oxygen atoms in total. The van der Waals surface area contributed by atoms with Crippen LogP contribution in [-0.2, 0) is 15.9 Å². The van der Waals surface area contributed by atoms with Gasteiger partial charge in [-0.25, -0.2) is 4.99 Å². The van der Waals surface area contributed by atoms with Crippen LogP contribution in [0.25, 0.3) is 0 Å². The highest BCUT2D eigenvalue weighted by atomic mass is 35.5. The van der Waals surface area contributed by atoms with Crippen molar-refractivity contribution in [2.75, 3.05) is 19.0 Å². The van der Waals surface area contributed by atoms with Gasteiger partial charge in [0.15, 0.2) is 5.66 Å². The molecule has 0 N–H and O–H groups in total. The molecule has 35 heavy (non-hydrogen) atoms. The summed E-state index contributed by atoms with van der Waals surface area (Å²) in [5.74, 6) is -0.0445. The Morgan fingerprint density at radius 3 is 1.63 bits per heavy atom. The second kappa shape index (κ2) is 9.05. The number of carbonyl (C=O) groups is 1. The van der Waals surface area contributed by atoms with Gasteiger partial charge in [-0.15, -0.1) is 0 Å². The Morgan fingerprint density at radius 1 is 0.714 bits per heavy atom. The van der Waals surface area contributed by atoms with Crippen LogP contribution in [0.5, 0.6) is 0 Å². The number of hydrogen-bond donors (Lipinski definition) is 0. The fourth-order valence-corrected chi connectivity index (χ4v) is 5.24. The molecule has 0 saturated carbocycles. The summed E-state index contributed by atoms with van der Waals surface area (Å²) in [5.41, 5.74) is 1.28. The van der Waals surface area contributed by atoms with Gasteiger partial charge in [-0.3, -0.25) is 9.69 Å². The third-order valence-corrected chi connectivity index (χ3v) is 6.77. The monoisotopic (exact) mass is 479 g/mol. The van der Waals surface area contributed by atoms with Gasteiger partial charge in [0, 0.05) is 30.4 Å². The van der Waals surface area contributed by atoms with Crippen molar-refractivity contribution in [1.82, 2.24) is 4.90 Å². The highest BCUT2D eigenvalue weighted by Crippen LogP contribution is 2.62. The van der Waals surface area contributed by atoms with Gasteiger partial charge in [-0.2, -0.15) is 0 Å². The predicted molar refractivity (Wildman–Crippen MR) is 143 cm³/mol. The largest absolute Gasteiger partial charge is 0.369 e. The lowest BCUT2D eigenvalue weighted by atomic mass is 9.55. The van der Waals surface area contributed by atoms with Crippen molar-refractivity contribution in [2.45, 2.75) is 11.1 Å². The number of halogens is 1. The minimum Gasteiger partial charge on any atom is -0.369 e. The molecule has 1 unspecified atom stereocenters. The van der Waals surface area contributed by atoms with E-state index < -0.39 is 11.1 Å². The number of nitrogens with zero attached hydrogens (tertiary/aromatic N) is 3. The zero-order chi connectivity index (χ0) is 24.5. The molecule has 1 heterocycles. The van der Waals surface area contributed by atoms with Gasteiger partial charge in [0.05, 0.1) is 6.34 Å². The lowest BCUT2D eigenvalue weighted by Crippen LogP contribution is -2.78. The van der Waals surface area contributed by atoms with E-state index in [9.17, 15) is 4.79 Å². The molecule has 0 bridgehead atoms. The summed E-state index contributed by atoms with van der Waals surface area (Å²) in [6, 6.07) is 37.3. The maximum Gasteiger partial charge on any atom is 0.249 e. The molecule has 0 aliphatic carbocycles. The predicted octanol–water partition coefficient (Wildman–Crippen LogP) is 6.12. The number of rotatable bonds is 6. The number of hydrogen-bond acceptors (Lipinski definition) is 2.